The van der Waals surface area contributed by atoms with Crippen LogP contribution < -0.4 is 0 Å². The first kappa shape index (κ1) is 27.0. The third-order valence-electron chi connectivity index (χ3n) is 12.8. The minimum atomic E-state index is -0.555. The first-order valence-corrected chi connectivity index (χ1v) is 15.0. The lowest BCUT2D eigenvalue weighted by Gasteiger charge is -2.67. The molecule has 6 heteroatoms. The van der Waals surface area contributed by atoms with Gasteiger partial charge >= 0.3 is 5.97 Å². The van der Waals surface area contributed by atoms with Crippen LogP contribution in [-0.2, 0) is 23.8 Å². The highest BCUT2D eigenvalue weighted by atomic mass is 16.7. The fraction of sp³-hybridized carbons (Fsp3) is 0.875. The number of aliphatic hydroxyl groups is 1. The van der Waals surface area contributed by atoms with E-state index in [1.165, 1.54) is 12.5 Å². The van der Waals surface area contributed by atoms with Crippen LogP contribution in [0.25, 0.3) is 0 Å². The second-order valence-corrected chi connectivity index (χ2v) is 15.4. The normalized spacial score (nSPS) is 52.4. The van der Waals surface area contributed by atoms with Crippen molar-refractivity contribution in [3.63, 3.8) is 0 Å². The van der Waals surface area contributed by atoms with Crippen molar-refractivity contribution in [2.24, 2.45) is 45.3 Å². The molecule has 5 fully saturated rings. The molecule has 1 N–H and O–H groups in total. The second kappa shape index (κ2) is 8.16. The average molecular weight is 529 g/mol. The minimum absolute atomic E-state index is 0.0301. The Balaban J connectivity index is 1.31. The van der Waals surface area contributed by atoms with Crippen LogP contribution in [0.5, 0.6) is 0 Å². The number of fused-ring (bicyclic) bond motifs is 5. The van der Waals surface area contributed by atoms with Crippen LogP contribution >= 0.6 is 0 Å². The lowest BCUT2D eigenvalue weighted by Crippen LogP contribution is -2.65. The van der Waals surface area contributed by atoms with Gasteiger partial charge in [0.1, 0.15) is 11.9 Å². The van der Waals surface area contributed by atoms with Gasteiger partial charge in [-0.15, -0.1) is 0 Å². The topological polar surface area (TPSA) is 85.4 Å². The highest BCUT2D eigenvalue weighted by Crippen LogP contribution is 2.73. The number of carbonyl (C=O) groups excluding carboxylic acids is 2. The number of aliphatic hydroxyl groups excluding tert-OH is 1. The lowest BCUT2D eigenvalue weighted by molar-refractivity contribution is -0.196. The highest BCUT2D eigenvalue weighted by molar-refractivity contribution is 5.85. The summed E-state index contributed by atoms with van der Waals surface area (Å²) in [5.74, 6) is 0.968. The molecule has 0 bridgehead atoms. The van der Waals surface area contributed by atoms with Crippen molar-refractivity contribution in [1.82, 2.24) is 0 Å². The average Bonchev–Trinajstić information content (AvgIpc) is 3.11. The Morgan fingerprint density at radius 3 is 2.37 bits per heavy atom. The maximum Gasteiger partial charge on any atom is 0.304 e. The number of ether oxygens (including phenoxy) is 3. The molecule has 2 aliphatic heterocycles. The van der Waals surface area contributed by atoms with E-state index in [4.69, 9.17) is 14.2 Å². The van der Waals surface area contributed by atoms with Gasteiger partial charge in [0.05, 0.1) is 17.8 Å². The predicted molar refractivity (Wildman–Crippen MR) is 143 cm³/mol. The summed E-state index contributed by atoms with van der Waals surface area (Å²) in [6.07, 6.45) is 7.45. The van der Waals surface area contributed by atoms with Gasteiger partial charge in [-0.05, 0) is 81.0 Å². The fourth-order valence-corrected chi connectivity index (χ4v) is 10.8. The standard InChI is InChI=1S/C32H48O6/c1-17(33)36-27-18(15-20(37-27)26-29(4,5)38-26)19-9-10-21-30(19,6)13-11-22-31(7)14-12-24(34)28(2,3)23(31)16-25(35)32(21,22)8/h10,18-20,22-23,25-27,35H,9,11-16H2,1-8H3/t18-,19+,20-,22-,23+,25-,26+,27+,30+,31-,32+/m1/s1. The van der Waals surface area contributed by atoms with Crippen molar-refractivity contribution in [3.8, 4) is 0 Å². The molecule has 2 saturated heterocycles. The third-order valence-corrected chi connectivity index (χ3v) is 12.8. The molecular formula is C32H48O6. The molecule has 11 atom stereocenters. The Morgan fingerprint density at radius 1 is 1.05 bits per heavy atom. The van der Waals surface area contributed by atoms with E-state index >= 15 is 0 Å². The van der Waals surface area contributed by atoms with Crippen LogP contribution in [0.15, 0.2) is 11.6 Å². The van der Waals surface area contributed by atoms with Crippen molar-refractivity contribution in [2.45, 2.75) is 131 Å². The molecule has 0 amide bonds. The number of carbonyl (C=O) groups is 2. The number of hydrogen-bond acceptors (Lipinski definition) is 6. The Bertz CT molecular complexity index is 1080. The summed E-state index contributed by atoms with van der Waals surface area (Å²) >= 11 is 0. The van der Waals surface area contributed by atoms with E-state index in [0.29, 0.717) is 24.5 Å². The summed E-state index contributed by atoms with van der Waals surface area (Å²) in [7, 11) is 0. The van der Waals surface area contributed by atoms with E-state index in [9.17, 15) is 14.7 Å². The zero-order valence-corrected chi connectivity index (χ0v) is 24.6. The second-order valence-electron chi connectivity index (χ2n) is 15.4. The lowest BCUT2D eigenvalue weighted by atomic mass is 9.37. The zero-order chi connectivity index (χ0) is 27.6. The largest absolute Gasteiger partial charge is 0.436 e. The van der Waals surface area contributed by atoms with Gasteiger partial charge in [-0.3, -0.25) is 9.59 Å². The van der Waals surface area contributed by atoms with E-state index < -0.39 is 17.8 Å². The number of epoxide rings is 1. The molecule has 6 aliphatic rings. The van der Waals surface area contributed by atoms with Gasteiger partial charge in [-0.25, -0.2) is 0 Å². The fourth-order valence-electron chi connectivity index (χ4n) is 10.8. The van der Waals surface area contributed by atoms with Gasteiger partial charge in [-0.2, -0.15) is 0 Å². The Labute approximate surface area is 228 Å². The Kier molecular flexibility index (Phi) is 5.79. The summed E-state index contributed by atoms with van der Waals surface area (Å²) in [6, 6.07) is 0. The molecule has 0 radical (unpaired) electrons. The molecule has 2 heterocycles. The monoisotopic (exact) mass is 528 g/mol. The van der Waals surface area contributed by atoms with Crippen molar-refractivity contribution < 1.29 is 28.9 Å². The Hall–Kier alpha value is -1.24. The molecule has 0 aromatic rings. The molecule has 6 nitrogen and oxygen atoms in total. The molecule has 4 aliphatic carbocycles. The van der Waals surface area contributed by atoms with Crippen LogP contribution in [0.1, 0.15) is 100 Å². The van der Waals surface area contributed by atoms with Gasteiger partial charge < -0.3 is 19.3 Å². The van der Waals surface area contributed by atoms with Crippen molar-refractivity contribution >= 4 is 11.8 Å². The van der Waals surface area contributed by atoms with E-state index in [-0.39, 0.29) is 57.8 Å². The maximum absolute atomic E-state index is 13.0. The summed E-state index contributed by atoms with van der Waals surface area (Å²) < 4.78 is 18.1. The highest BCUT2D eigenvalue weighted by Gasteiger charge is 2.69. The smallest absolute Gasteiger partial charge is 0.304 e. The van der Waals surface area contributed by atoms with E-state index in [0.717, 1.165) is 32.1 Å². The first-order chi connectivity index (χ1) is 17.6. The molecule has 38 heavy (non-hydrogen) atoms. The molecule has 0 aromatic carbocycles. The third kappa shape index (κ3) is 3.48. The molecule has 3 saturated carbocycles. The number of Topliss-reactive ketones (excluding diaryl/α,β-unsaturated/α-hetero) is 1. The van der Waals surface area contributed by atoms with Crippen molar-refractivity contribution in [1.29, 1.82) is 0 Å². The maximum atomic E-state index is 13.0. The van der Waals surface area contributed by atoms with E-state index in [1.54, 1.807) is 0 Å². The number of hydrogen-bond donors (Lipinski definition) is 1. The van der Waals surface area contributed by atoms with Crippen LogP contribution in [0, 0.1) is 45.3 Å². The minimum Gasteiger partial charge on any atom is -0.436 e. The summed E-state index contributed by atoms with van der Waals surface area (Å²) in [5, 5.41) is 11.9. The van der Waals surface area contributed by atoms with Gasteiger partial charge in [0.2, 0.25) is 6.29 Å². The van der Waals surface area contributed by atoms with Gasteiger partial charge in [0.15, 0.2) is 0 Å². The first-order valence-electron chi connectivity index (χ1n) is 15.0. The van der Waals surface area contributed by atoms with Gasteiger partial charge in [0, 0.05) is 30.1 Å². The summed E-state index contributed by atoms with van der Waals surface area (Å²) in [4.78, 5) is 25.0. The van der Waals surface area contributed by atoms with E-state index in [1.807, 2.05) is 0 Å². The van der Waals surface area contributed by atoms with Gasteiger partial charge in [0.25, 0.3) is 0 Å². The van der Waals surface area contributed by atoms with Crippen molar-refractivity contribution in [3.05, 3.63) is 11.6 Å². The molecule has 0 spiro atoms. The molecule has 212 valence electrons. The van der Waals surface area contributed by atoms with Crippen LogP contribution in [0.4, 0.5) is 0 Å². The predicted octanol–water partition coefficient (Wildman–Crippen LogP) is 5.60. The quantitative estimate of drug-likeness (QED) is 0.291. The summed E-state index contributed by atoms with van der Waals surface area (Å²) in [5.41, 5.74) is 0.442. The van der Waals surface area contributed by atoms with Crippen molar-refractivity contribution in [2.75, 3.05) is 0 Å². The zero-order valence-electron chi connectivity index (χ0n) is 24.6. The number of esters is 1. The van der Waals surface area contributed by atoms with Crippen LogP contribution in [0.2, 0.25) is 0 Å². The van der Waals surface area contributed by atoms with Gasteiger partial charge in [-0.1, -0.05) is 46.3 Å². The number of ketones is 1. The molecule has 0 aromatic heterocycles. The number of allylic oxidation sites excluding steroid dienone is 1. The van der Waals surface area contributed by atoms with E-state index in [2.05, 4.69) is 54.5 Å². The Morgan fingerprint density at radius 2 is 1.74 bits per heavy atom. The van der Waals surface area contributed by atoms with Crippen LogP contribution in [-0.4, -0.2) is 47.1 Å². The molecule has 0 unspecified atom stereocenters. The SMILES string of the molecule is CC(=O)O[C@H]1O[C@@H]([C@@H]2OC2(C)C)C[C@@H]1[C@@H]1CC=C2[C@]3(C)[C@H](O)C[C@H]4C(C)(C)C(=O)CC[C@]4(C)[C@H]3CC[C@]21C. The number of rotatable bonds is 3. The molecular weight excluding hydrogens is 480 g/mol. The summed E-state index contributed by atoms with van der Waals surface area (Å²) in [6.45, 7) is 17.0. The van der Waals surface area contributed by atoms with Crippen LogP contribution in [0.3, 0.4) is 0 Å². The molecule has 6 rings (SSSR count).